The molecule has 5 atom stereocenters. The fourth-order valence-corrected chi connectivity index (χ4v) is 8.53. The third kappa shape index (κ3) is 7.41. The van der Waals surface area contributed by atoms with E-state index in [0.717, 1.165) is 36.8 Å². The first-order valence-electron chi connectivity index (χ1n) is 16.1. The Morgan fingerprint density at radius 2 is 1.85 bits per heavy atom. The van der Waals surface area contributed by atoms with Gasteiger partial charge in [0.15, 0.2) is 0 Å². The Balaban J connectivity index is 0.00000433. The van der Waals surface area contributed by atoms with Gasteiger partial charge in [0.1, 0.15) is 17.7 Å². The predicted molar refractivity (Wildman–Crippen MR) is 175 cm³/mol. The lowest BCUT2D eigenvalue weighted by atomic mass is 10.1. The molecule has 0 bridgehead atoms. The second-order valence-corrected chi connectivity index (χ2v) is 15.0. The van der Waals surface area contributed by atoms with E-state index in [0.29, 0.717) is 43.9 Å². The maximum absolute atomic E-state index is 14.0. The Hall–Kier alpha value is -2.91. The molecule has 1 saturated carbocycles. The molecule has 4 aliphatic heterocycles. The Kier molecular flexibility index (Phi) is 10.8. The van der Waals surface area contributed by atoms with E-state index in [-0.39, 0.29) is 38.3 Å². The van der Waals surface area contributed by atoms with Gasteiger partial charge in [-0.3, -0.25) is 19.3 Å². The average Bonchev–Trinajstić information content (AvgIpc) is 3.48. The quantitative estimate of drug-likeness (QED) is 0.400. The van der Waals surface area contributed by atoms with E-state index >= 15 is 0 Å². The number of allylic oxidation sites excluding steroid dienone is 1. The van der Waals surface area contributed by atoms with Gasteiger partial charge >= 0.3 is 16.3 Å². The van der Waals surface area contributed by atoms with Crippen molar-refractivity contribution in [3.63, 3.8) is 0 Å². The summed E-state index contributed by atoms with van der Waals surface area (Å²) in [7, 11) is -4.08. The van der Waals surface area contributed by atoms with E-state index in [2.05, 4.69) is 10.0 Å². The second kappa shape index (κ2) is 14.3. The predicted octanol–water partition coefficient (Wildman–Crippen LogP) is 2.36. The highest BCUT2D eigenvalue weighted by atomic mass is 35.5. The minimum Gasteiger partial charge on any atom is -0.444 e. The van der Waals surface area contributed by atoms with Crippen LogP contribution >= 0.6 is 24.0 Å². The molecule has 0 aromatic heterocycles. The number of benzene rings is 1. The molecule has 1 aromatic carbocycles. The molecule has 6 rings (SSSR count). The summed E-state index contributed by atoms with van der Waals surface area (Å²) in [4.78, 5) is 57.2. The number of hydrogen-bond donors (Lipinski definition) is 3. The van der Waals surface area contributed by atoms with Gasteiger partial charge in [-0.2, -0.15) is 12.7 Å². The summed E-state index contributed by atoms with van der Waals surface area (Å²) in [6.07, 6.45) is 7.67. The van der Waals surface area contributed by atoms with Gasteiger partial charge in [-0.05, 0) is 55.7 Å². The molecule has 258 valence electrons. The number of carbonyl (C=O) groups excluding carboxylic acids is 4. The summed E-state index contributed by atoms with van der Waals surface area (Å²) in [5.74, 6) is -2.29. The van der Waals surface area contributed by atoms with Gasteiger partial charge in [0.2, 0.25) is 11.8 Å². The third-order valence-electron chi connectivity index (χ3n) is 9.76. The van der Waals surface area contributed by atoms with Gasteiger partial charge < -0.3 is 20.7 Å². The number of nitrogens with one attached hydrogen (secondary N) is 2. The van der Waals surface area contributed by atoms with Crippen LogP contribution < -0.4 is 15.8 Å². The van der Waals surface area contributed by atoms with Crippen molar-refractivity contribution in [2.45, 2.75) is 94.6 Å². The van der Waals surface area contributed by atoms with Gasteiger partial charge in [0.25, 0.3) is 5.91 Å². The number of fused-ring (bicyclic) bond motifs is 3. The number of carbonyl (C=O) groups is 4. The monoisotopic (exact) mass is 712 g/mol. The van der Waals surface area contributed by atoms with Crippen molar-refractivity contribution in [2.75, 3.05) is 19.6 Å². The summed E-state index contributed by atoms with van der Waals surface area (Å²) < 4.78 is 35.2. The van der Waals surface area contributed by atoms with Crippen LogP contribution in [0, 0.1) is 5.92 Å². The molecule has 47 heavy (non-hydrogen) atoms. The first-order valence-corrected chi connectivity index (χ1v) is 17.9. The van der Waals surface area contributed by atoms with E-state index < -0.39 is 63.7 Å². The SMILES string of the molecule is Cl.N[C@H]1CCCCC/C=C\[C@@H]2C[C@@]2(C(=O)NS(=O)(=O)N2CCCC2)NC(=O)[C@@H]2C[C@@H](OC(=O)N3Cc4cccc(Cl)c4C3)CN2C1=O. The minimum absolute atomic E-state index is 0. The molecule has 4 amide bonds. The first-order chi connectivity index (χ1) is 22.0. The standard InChI is InChI=1S/C31H41ClN6O7S.ClH/c32-24-11-8-9-20-17-36(19-23(20)24)30(42)45-22-15-26-27(39)34-31(29(41)35-46(43,44)37-13-6-7-14-37)16-21(31)10-4-2-1-3-5-12-25(33)28(40)38(26)18-22;/h4,8-11,21-22,25-26H,1-3,5-7,12-19,33H2,(H,34,39)(H,35,41);1H/b10-4-;/t21-,22-,25+,26+,31-;/m1./s1. The van der Waals surface area contributed by atoms with Gasteiger partial charge in [-0.15, -0.1) is 12.4 Å². The van der Waals surface area contributed by atoms with Gasteiger partial charge in [-0.25, -0.2) is 9.52 Å². The number of halogens is 2. The van der Waals surface area contributed by atoms with Crippen LogP contribution in [0.25, 0.3) is 0 Å². The van der Waals surface area contributed by atoms with Crippen molar-refractivity contribution in [1.29, 1.82) is 0 Å². The highest BCUT2D eigenvalue weighted by molar-refractivity contribution is 7.87. The topological polar surface area (TPSA) is 171 Å². The van der Waals surface area contributed by atoms with Crippen LogP contribution in [-0.4, -0.2) is 89.7 Å². The number of amides is 4. The Morgan fingerprint density at radius 3 is 2.60 bits per heavy atom. The fourth-order valence-electron chi connectivity index (χ4n) is 6.99. The minimum atomic E-state index is -4.08. The smallest absolute Gasteiger partial charge is 0.410 e. The number of hydrogen-bond acceptors (Lipinski definition) is 8. The Labute approximate surface area is 286 Å². The summed E-state index contributed by atoms with van der Waals surface area (Å²) in [5, 5.41) is 3.38. The molecule has 13 nitrogen and oxygen atoms in total. The highest BCUT2D eigenvalue weighted by Gasteiger charge is 2.62. The lowest BCUT2D eigenvalue weighted by Gasteiger charge is -2.28. The lowest BCUT2D eigenvalue weighted by Crippen LogP contribution is -2.58. The third-order valence-corrected chi connectivity index (χ3v) is 11.6. The zero-order valence-electron chi connectivity index (χ0n) is 26.1. The molecular weight excluding hydrogens is 671 g/mol. The number of nitrogens with two attached hydrogens (primary N) is 1. The van der Waals surface area contributed by atoms with Crippen LogP contribution in [-0.2, 0) is 42.4 Å². The number of ether oxygens (including phenoxy) is 1. The largest absolute Gasteiger partial charge is 0.444 e. The molecule has 0 spiro atoms. The molecular formula is C31H42Cl2N6O7S. The van der Waals surface area contributed by atoms with Crippen LogP contribution in [0.1, 0.15) is 68.9 Å². The van der Waals surface area contributed by atoms with Crippen molar-refractivity contribution in [1.82, 2.24) is 24.1 Å². The second-order valence-electron chi connectivity index (χ2n) is 13.0. The highest BCUT2D eigenvalue weighted by Crippen LogP contribution is 2.46. The fraction of sp³-hybridized carbons (Fsp3) is 0.613. The lowest BCUT2D eigenvalue weighted by molar-refractivity contribution is -0.140. The summed E-state index contributed by atoms with van der Waals surface area (Å²) in [6.45, 7) is 1.21. The van der Waals surface area contributed by atoms with Gasteiger partial charge in [-0.1, -0.05) is 48.7 Å². The molecule has 0 radical (unpaired) electrons. The maximum atomic E-state index is 14.0. The average molecular weight is 714 g/mol. The van der Waals surface area contributed by atoms with E-state index in [4.69, 9.17) is 22.1 Å². The normalized spacial score (nSPS) is 30.5. The van der Waals surface area contributed by atoms with E-state index in [1.807, 2.05) is 24.3 Å². The zero-order chi connectivity index (χ0) is 32.6. The molecule has 16 heteroatoms. The number of nitrogens with zero attached hydrogens (tertiary/aromatic N) is 3. The van der Waals surface area contributed by atoms with Crippen molar-refractivity contribution in [2.24, 2.45) is 11.7 Å². The van der Waals surface area contributed by atoms with Crippen LogP contribution in [0.4, 0.5) is 4.79 Å². The Morgan fingerprint density at radius 1 is 1.09 bits per heavy atom. The van der Waals surface area contributed by atoms with Gasteiger partial charge in [0.05, 0.1) is 19.1 Å². The molecule has 1 aromatic rings. The summed E-state index contributed by atoms with van der Waals surface area (Å²) in [5.41, 5.74) is 6.59. The van der Waals surface area contributed by atoms with E-state index in [1.54, 1.807) is 6.07 Å². The van der Waals surface area contributed by atoms with Crippen molar-refractivity contribution in [3.05, 3.63) is 46.5 Å². The van der Waals surface area contributed by atoms with Crippen LogP contribution in [0.15, 0.2) is 30.4 Å². The molecule has 0 unspecified atom stereocenters. The molecule has 4 N–H and O–H groups in total. The zero-order valence-corrected chi connectivity index (χ0v) is 28.5. The molecule has 5 aliphatic rings. The molecule has 4 heterocycles. The van der Waals surface area contributed by atoms with Crippen molar-refractivity contribution in [3.8, 4) is 0 Å². The first kappa shape index (κ1) is 35.4. The summed E-state index contributed by atoms with van der Waals surface area (Å²) in [6, 6.07) is 3.56. The van der Waals surface area contributed by atoms with Crippen molar-refractivity contribution >= 4 is 58.0 Å². The van der Waals surface area contributed by atoms with Crippen LogP contribution in [0.2, 0.25) is 5.02 Å². The summed E-state index contributed by atoms with van der Waals surface area (Å²) >= 11 is 6.32. The molecule has 1 aliphatic carbocycles. The van der Waals surface area contributed by atoms with Crippen LogP contribution in [0.3, 0.4) is 0 Å². The number of rotatable bonds is 4. The van der Waals surface area contributed by atoms with E-state index in [9.17, 15) is 27.6 Å². The molecule has 2 saturated heterocycles. The maximum Gasteiger partial charge on any atom is 0.410 e. The van der Waals surface area contributed by atoms with Crippen molar-refractivity contribution < 1.29 is 32.3 Å². The Bertz CT molecular complexity index is 1540. The van der Waals surface area contributed by atoms with Gasteiger partial charge in [0, 0.05) is 37.0 Å². The molecule has 3 fully saturated rings. The van der Waals surface area contributed by atoms with E-state index in [1.165, 1.54) is 14.1 Å². The van der Waals surface area contributed by atoms with Crippen LogP contribution in [0.5, 0.6) is 0 Å².